The Kier molecular flexibility index (Phi) is 3.47. The average molecular weight is 240 g/mol. The van der Waals surface area contributed by atoms with Gasteiger partial charge in [0, 0.05) is 5.56 Å². The van der Waals surface area contributed by atoms with Gasteiger partial charge in [0.1, 0.15) is 17.8 Å². The molecule has 0 spiro atoms. The zero-order valence-corrected chi connectivity index (χ0v) is 10.9. The molecule has 0 saturated heterocycles. The summed E-state index contributed by atoms with van der Waals surface area (Å²) < 4.78 is 5.88. The van der Waals surface area contributed by atoms with Crippen molar-refractivity contribution in [1.29, 1.82) is 0 Å². The quantitative estimate of drug-likeness (QED) is 0.751. The second-order valence-corrected chi connectivity index (χ2v) is 4.52. The topological polar surface area (TPSA) is 26.3 Å². The van der Waals surface area contributed by atoms with Crippen LogP contribution in [0, 0.1) is 20.8 Å². The fourth-order valence-corrected chi connectivity index (χ4v) is 2.06. The van der Waals surface area contributed by atoms with Crippen molar-refractivity contribution in [2.75, 3.05) is 0 Å². The third-order valence-electron chi connectivity index (χ3n) is 2.84. The lowest BCUT2D eigenvalue weighted by atomic mass is 10.1. The van der Waals surface area contributed by atoms with E-state index in [1.165, 1.54) is 5.56 Å². The van der Waals surface area contributed by atoms with Gasteiger partial charge in [0.05, 0.1) is 0 Å². The van der Waals surface area contributed by atoms with Crippen LogP contribution in [0.3, 0.4) is 0 Å². The zero-order chi connectivity index (χ0) is 13.1. The molecule has 0 fully saturated rings. The Bertz CT molecular complexity index is 545. The molecule has 0 aliphatic heterocycles. The number of carbonyl (C=O) groups excluding carboxylic acids is 1. The van der Waals surface area contributed by atoms with E-state index >= 15 is 0 Å². The fourth-order valence-electron chi connectivity index (χ4n) is 2.06. The molecule has 2 aromatic rings. The van der Waals surface area contributed by atoms with Crippen LogP contribution in [0.5, 0.6) is 11.5 Å². The zero-order valence-electron chi connectivity index (χ0n) is 10.9. The maximum absolute atomic E-state index is 10.6. The maximum Gasteiger partial charge on any atom is 0.150 e. The number of aryl methyl sites for hydroxylation is 3. The number of ether oxygens (including phenoxy) is 1. The second-order valence-electron chi connectivity index (χ2n) is 4.52. The fraction of sp³-hybridized carbons (Fsp3) is 0.188. The summed E-state index contributed by atoms with van der Waals surface area (Å²) in [7, 11) is 0. The molecule has 0 aliphatic carbocycles. The van der Waals surface area contributed by atoms with Crippen LogP contribution in [-0.4, -0.2) is 6.29 Å². The third-order valence-corrected chi connectivity index (χ3v) is 2.84. The van der Waals surface area contributed by atoms with Crippen molar-refractivity contribution in [2.45, 2.75) is 20.8 Å². The highest BCUT2D eigenvalue weighted by Gasteiger charge is 2.06. The van der Waals surface area contributed by atoms with E-state index in [-0.39, 0.29) is 0 Å². The van der Waals surface area contributed by atoms with E-state index in [9.17, 15) is 4.79 Å². The number of aldehydes is 1. The molecule has 18 heavy (non-hydrogen) atoms. The highest BCUT2D eigenvalue weighted by Crippen LogP contribution is 2.29. The van der Waals surface area contributed by atoms with Gasteiger partial charge in [-0.05, 0) is 56.2 Å². The molecule has 2 aromatic carbocycles. The van der Waals surface area contributed by atoms with Crippen LogP contribution in [0.1, 0.15) is 27.0 Å². The molecule has 0 unspecified atom stereocenters. The first kappa shape index (κ1) is 12.4. The smallest absolute Gasteiger partial charge is 0.150 e. The Morgan fingerprint density at radius 2 is 1.50 bits per heavy atom. The van der Waals surface area contributed by atoms with E-state index in [2.05, 4.69) is 19.1 Å². The second kappa shape index (κ2) is 5.05. The number of rotatable bonds is 3. The molecule has 0 bridgehead atoms. The van der Waals surface area contributed by atoms with Gasteiger partial charge in [-0.15, -0.1) is 0 Å². The Morgan fingerprint density at radius 1 is 0.944 bits per heavy atom. The summed E-state index contributed by atoms with van der Waals surface area (Å²) in [4.78, 5) is 10.6. The predicted octanol–water partition coefficient (Wildman–Crippen LogP) is 4.22. The Labute approximate surface area is 107 Å². The van der Waals surface area contributed by atoms with Crippen molar-refractivity contribution < 1.29 is 9.53 Å². The van der Waals surface area contributed by atoms with E-state index in [0.29, 0.717) is 5.56 Å². The molecule has 0 heterocycles. The molecule has 0 amide bonds. The van der Waals surface area contributed by atoms with Crippen LogP contribution in [0.4, 0.5) is 0 Å². The molecule has 2 nitrogen and oxygen atoms in total. The summed E-state index contributed by atoms with van der Waals surface area (Å²) in [5.74, 6) is 1.63. The van der Waals surface area contributed by atoms with Crippen molar-refractivity contribution in [3.63, 3.8) is 0 Å². The van der Waals surface area contributed by atoms with Crippen molar-refractivity contribution in [3.8, 4) is 11.5 Å². The first-order chi connectivity index (χ1) is 8.60. The minimum Gasteiger partial charge on any atom is -0.457 e. The molecule has 0 saturated carbocycles. The van der Waals surface area contributed by atoms with Crippen LogP contribution >= 0.6 is 0 Å². The van der Waals surface area contributed by atoms with E-state index in [0.717, 1.165) is 28.9 Å². The molecule has 0 N–H and O–H groups in total. The normalized spacial score (nSPS) is 10.2. The van der Waals surface area contributed by atoms with Crippen LogP contribution < -0.4 is 4.74 Å². The van der Waals surface area contributed by atoms with Crippen molar-refractivity contribution in [2.24, 2.45) is 0 Å². The van der Waals surface area contributed by atoms with Crippen LogP contribution in [0.15, 0.2) is 36.4 Å². The molecule has 2 heteroatoms. The van der Waals surface area contributed by atoms with Gasteiger partial charge in [0.2, 0.25) is 0 Å². The van der Waals surface area contributed by atoms with E-state index in [1.54, 1.807) is 12.1 Å². The van der Waals surface area contributed by atoms with Crippen molar-refractivity contribution in [3.05, 3.63) is 58.7 Å². The highest BCUT2D eigenvalue weighted by atomic mass is 16.5. The number of carbonyl (C=O) groups is 1. The lowest BCUT2D eigenvalue weighted by Crippen LogP contribution is -1.92. The standard InChI is InChI=1S/C16H16O2/c1-11-8-12(2)16(13(3)9-11)18-15-6-4-14(10-17)5-7-15/h4-10H,1-3H3. The summed E-state index contributed by atoms with van der Waals surface area (Å²) in [5, 5.41) is 0. The number of benzene rings is 2. The lowest BCUT2D eigenvalue weighted by molar-refractivity contribution is 0.112. The first-order valence-electron chi connectivity index (χ1n) is 5.91. The van der Waals surface area contributed by atoms with E-state index in [1.807, 2.05) is 26.0 Å². The van der Waals surface area contributed by atoms with Crippen LogP contribution in [0.25, 0.3) is 0 Å². The summed E-state index contributed by atoms with van der Waals surface area (Å²) in [6.07, 6.45) is 0.826. The van der Waals surface area contributed by atoms with Gasteiger partial charge in [-0.2, -0.15) is 0 Å². The monoisotopic (exact) mass is 240 g/mol. The Morgan fingerprint density at radius 3 is 2.00 bits per heavy atom. The van der Waals surface area contributed by atoms with Gasteiger partial charge in [-0.1, -0.05) is 17.7 Å². The van der Waals surface area contributed by atoms with Crippen molar-refractivity contribution >= 4 is 6.29 Å². The maximum atomic E-state index is 10.6. The minimum absolute atomic E-state index is 0.653. The Hall–Kier alpha value is -2.09. The molecular weight excluding hydrogens is 224 g/mol. The van der Waals surface area contributed by atoms with Crippen LogP contribution in [0.2, 0.25) is 0 Å². The van der Waals surface area contributed by atoms with Crippen LogP contribution in [-0.2, 0) is 0 Å². The summed E-state index contributed by atoms with van der Waals surface area (Å²) in [6, 6.07) is 11.3. The van der Waals surface area contributed by atoms with Gasteiger partial charge in [0.15, 0.2) is 0 Å². The first-order valence-corrected chi connectivity index (χ1v) is 5.91. The van der Waals surface area contributed by atoms with E-state index < -0.39 is 0 Å². The summed E-state index contributed by atoms with van der Waals surface area (Å²) >= 11 is 0. The Balaban J connectivity index is 2.30. The van der Waals surface area contributed by atoms with Gasteiger partial charge in [0.25, 0.3) is 0 Å². The lowest BCUT2D eigenvalue weighted by Gasteiger charge is -2.12. The average Bonchev–Trinajstić information content (AvgIpc) is 2.34. The molecule has 92 valence electrons. The minimum atomic E-state index is 0.653. The third kappa shape index (κ3) is 2.59. The largest absolute Gasteiger partial charge is 0.457 e. The van der Waals surface area contributed by atoms with E-state index in [4.69, 9.17) is 4.74 Å². The summed E-state index contributed by atoms with van der Waals surface area (Å²) in [5.41, 5.74) is 4.12. The van der Waals surface area contributed by atoms with Gasteiger partial charge in [-0.3, -0.25) is 4.79 Å². The van der Waals surface area contributed by atoms with Crippen molar-refractivity contribution in [1.82, 2.24) is 0 Å². The molecule has 0 radical (unpaired) electrons. The van der Waals surface area contributed by atoms with Gasteiger partial charge < -0.3 is 4.74 Å². The highest BCUT2D eigenvalue weighted by molar-refractivity contribution is 5.74. The SMILES string of the molecule is Cc1cc(C)c(Oc2ccc(C=O)cc2)c(C)c1. The summed E-state index contributed by atoms with van der Waals surface area (Å²) in [6.45, 7) is 6.15. The molecule has 0 atom stereocenters. The number of hydrogen-bond acceptors (Lipinski definition) is 2. The predicted molar refractivity (Wildman–Crippen MR) is 72.6 cm³/mol. The molecular formula is C16H16O2. The number of hydrogen-bond donors (Lipinski definition) is 0. The molecule has 2 rings (SSSR count). The molecule has 0 aliphatic rings. The van der Waals surface area contributed by atoms with Gasteiger partial charge in [-0.25, -0.2) is 0 Å². The van der Waals surface area contributed by atoms with Gasteiger partial charge >= 0.3 is 0 Å². The molecule has 0 aromatic heterocycles.